The number of aryl methyl sites for hydroxylation is 1. The molecular formula is C25H30N4O3. The molecule has 0 aliphatic rings. The average Bonchev–Trinajstić information content (AvgIpc) is 2.98. The SMILES string of the molecule is Cc1nn(Cc2ccccc2)c(C)c1CNC(=O)c1cccc(NC(=O)OC(C)(C)C)c1. The predicted octanol–water partition coefficient (Wildman–Crippen LogP) is 4.83. The molecule has 1 aromatic heterocycles. The maximum absolute atomic E-state index is 12.7. The summed E-state index contributed by atoms with van der Waals surface area (Å²) in [6, 6.07) is 16.9. The van der Waals surface area contributed by atoms with E-state index in [0.717, 1.165) is 17.0 Å². The molecule has 0 saturated heterocycles. The fourth-order valence-corrected chi connectivity index (χ4v) is 3.33. The highest BCUT2D eigenvalue weighted by Crippen LogP contribution is 2.16. The Labute approximate surface area is 188 Å². The van der Waals surface area contributed by atoms with E-state index in [1.807, 2.05) is 36.7 Å². The molecule has 0 bridgehead atoms. The third-order valence-corrected chi connectivity index (χ3v) is 4.90. The van der Waals surface area contributed by atoms with E-state index in [2.05, 4.69) is 27.9 Å². The van der Waals surface area contributed by atoms with Crippen molar-refractivity contribution in [3.63, 3.8) is 0 Å². The summed E-state index contributed by atoms with van der Waals surface area (Å²) in [5.41, 5.74) is 4.42. The van der Waals surface area contributed by atoms with Crippen molar-refractivity contribution in [1.82, 2.24) is 15.1 Å². The van der Waals surface area contributed by atoms with E-state index in [4.69, 9.17) is 4.74 Å². The molecule has 168 valence electrons. The first kappa shape index (κ1) is 23.1. The topological polar surface area (TPSA) is 85.3 Å². The first-order valence-electron chi connectivity index (χ1n) is 10.6. The number of ether oxygens (including phenoxy) is 1. The number of amides is 2. The number of carbonyl (C=O) groups is 2. The van der Waals surface area contributed by atoms with Gasteiger partial charge in [0.25, 0.3) is 5.91 Å². The first-order valence-corrected chi connectivity index (χ1v) is 10.6. The summed E-state index contributed by atoms with van der Waals surface area (Å²) >= 11 is 0. The lowest BCUT2D eigenvalue weighted by Gasteiger charge is -2.19. The van der Waals surface area contributed by atoms with Crippen LogP contribution >= 0.6 is 0 Å². The highest BCUT2D eigenvalue weighted by Gasteiger charge is 2.17. The molecule has 1 heterocycles. The second-order valence-electron chi connectivity index (χ2n) is 8.68. The molecule has 0 unspecified atom stereocenters. The molecule has 2 N–H and O–H groups in total. The molecule has 2 amide bonds. The minimum absolute atomic E-state index is 0.229. The van der Waals surface area contributed by atoms with Crippen molar-refractivity contribution in [2.24, 2.45) is 0 Å². The Morgan fingerprint density at radius 1 is 1.03 bits per heavy atom. The van der Waals surface area contributed by atoms with E-state index in [1.165, 1.54) is 5.56 Å². The van der Waals surface area contributed by atoms with Crippen LogP contribution in [0.5, 0.6) is 0 Å². The molecule has 3 rings (SSSR count). The molecule has 0 saturated carbocycles. The number of benzene rings is 2. The second kappa shape index (κ2) is 9.68. The van der Waals surface area contributed by atoms with Crippen LogP contribution in [0.4, 0.5) is 10.5 Å². The Hall–Kier alpha value is -3.61. The van der Waals surface area contributed by atoms with Gasteiger partial charge in [-0.25, -0.2) is 4.79 Å². The fourth-order valence-electron chi connectivity index (χ4n) is 3.33. The molecule has 32 heavy (non-hydrogen) atoms. The van der Waals surface area contributed by atoms with Crippen LogP contribution in [0.15, 0.2) is 54.6 Å². The van der Waals surface area contributed by atoms with Crippen LogP contribution in [0.3, 0.4) is 0 Å². The molecule has 7 nitrogen and oxygen atoms in total. The summed E-state index contributed by atoms with van der Waals surface area (Å²) in [5, 5.41) is 10.3. The lowest BCUT2D eigenvalue weighted by molar-refractivity contribution is 0.0635. The number of hydrogen-bond donors (Lipinski definition) is 2. The van der Waals surface area contributed by atoms with E-state index in [9.17, 15) is 9.59 Å². The number of aromatic nitrogens is 2. The lowest BCUT2D eigenvalue weighted by atomic mass is 10.1. The zero-order valence-electron chi connectivity index (χ0n) is 19.2. The van der Waals surface area contributed by atoms with Crippen molar-refractivity contribution in [1.29, 1.82) is 0 Å². The third kappa shape index (κ3) is 6.20. The number of hydrogen-bond acceptors (Lipinski definition) is 4. The first-order chi connectivity index (χ1) is 15.1. The Morgan fingerprint density at radius 2 is 1.75 bits per heavy atom. The minimum Gasteiger partial charge on any atom is -0.444 e. The number of carbonyl (C=O) groups excluding carboxylic acids is 2. The minimum atomic E-state index is -0.597. The van der Waals surface area contributed by atoms with E-state index >= 15 is 0 Å². The maximum Gasteiger partial charge on any atom is 0.412 e. The van der Waals surface area contributed by atoms with Gasteiger partial charge in [0.2, 0.25) is 0 Å². The molecule has 0 aliphatic carbocycles. The molecule has 3 aromatic rings. The van der Waals surface area contributed by atoms with Gasteiger partial charge in [-0.2, -0.15) is 5.10 Å². The Balaban J connectivity index is 1.64. The van der Waals surface area contributed by atoms with E-state index in [0.29, 0.717) is 24.3 Å². The molecule has 0 aliphatic heterocycles. The maximum atomic E-state index is 12.7. The molecule has 0 fully saturated rings. The van der Waals surface area contributed by atoms with Crippen molar-refractivity contribution >= 4 is 17.7 Å². The van der Waals surface area contributed by atoms with Gasteiger partial charge < -0.3 is 10.1 Å². The van der Waals surface area contributed by atoms with Gasteiger partial charge in [-0.3, -0.25) is 14.8 Å². The van der Waals surface area contributed by atoms with Crippen LogP contribution in [0.25, 0.3) is 0 Å². The Bertz CT molecular complexity index is 1100. The van der Waals surface area contributed by atoms with Gasteiger partial charge in [0.1, 0.15) is 5.60 Å². The van der Waals surface area contributed by atoms with Crippen molar-refractivity contribution in [3.8, 4) is 0 Å². The summed E-state index contributed by atoms with van der Waals surface area (Å²) < 4.78 is 7.21. The highest BCUT2D eigenvalue weighted by molar-refractivity contribution is 5.96. The third-order valence-electron chi connectivity index (χ3n) is 4.90. The van der Waals surface area contributed by atoms with Gasteiger partial charge >= 0.3 is 6.09 Å². The van der Waals surface area contributed by atoms with Crippen LogP contribution in [-0.2, 0) is 17.8 Å². The normalized spacial score (nSPS) is 11.2. The number of nitrogens with one attached hydrogen (secondary N) is 2. The van der Waals surface area contributed by atoms with E-state index in [-0.39, 0.29) is 5.91 Å². The largest absolute Gasteiger partial charge is 0.444 e. The quantitative estimate of drug-likeness (QED) is 0.582. The Morgan fingerprint density at radius 3 is 2.44 bits per heavy atom. The molecule has 0 spiro atoms. The number of nitrogens with zero attached hydrogens (tertiary/aromatic N) is 2. The van der Waals surface area contributed by atoms with Gasteiger partial charge in [0.15, 0.2) is 0 Å². The Kier molecular flexibility index (Phi) is 6.98. The standard InChI is InChI=1S/C25H30N4O3/c1-17-22(18(2)29(28-17)16-19-10-7-6-8-11-19)15-26-23(30)20-12-9-13-21(14-20)27-24(31)32-25(3,4)5/h6-14H,15-16H2,1-5H3,(H,26,30)(H,27,31). The lowest BCUT2D eigenvalue weighted by Crippen LogP contribution is -2.27. The molecule has 2 aromatic carbocycles. The fraction of sp³-hybridized carbons (Fsp3) is 0.320. The highest BCUT2D eigenvalue weighted by atomic mass is 16.6. The van der Waals surface area contributed by atoms with Crippen molar-refractivity contribution < 1.29 is 14.3 Å². The number of anilines is 1. The van der Waals surface area contributed by atoms with Crippen LogP contribution in [0, 0.1) is 13.8 Å². The monoisotopic (exact) mass is 434 g/mol. The summed E-state index contributed by atoms with van der Waals surface area (Å²) in [6.07, 6.45) is -0.563. The van der Waals surface area contributed by atoms with Crippen molar-refractivity contribution in [2.75, 3.05) is 5.32 Å². The van der Waals surface area contributed by atoms with Gasteiger partial charge in [0, 0.05) is 29.1 Å². The van der Waals surface area contributed by atoms with Crippen molar-refractivity contribution in [2.45, 2.75) is 53.3 Å². The zero-order chi connectivity index (χ0) is 23.3. The van der Waals surface area contributed by atoms with Crippen LogP contribution < -0.4 is 10.6 Å². The van der Waals surface area contributed by atoms with E-state index in [1.54, 1.807) is 45.0 Å². The van der Waals surface area contributed by atoms with Crippen LogP contribution in [0.1, 0.15) is 53.6 Å². The van der Waals surface area contributed by atoms with Crippen LogP contribution in [-0.4, -0.2) is 27.4 Å². The van der Waals surface area contributed by atoms with Gasteiger partial charge in [-0.1, -0.05) is 36.4 Å². The summed E-state index contributed by atoms with van der Waals surface area (Å²) in [5.74, 6) is -0.229. The predicted molar refractivity (Wildman–Crippen MR) is 125 cm³/mol. The summed E-state index contributed by atoms with van der Waals surface area (Å²) in [4.78, 5) is 24.7. The van der Waals surface area contributed by atoms with Gasteiger partial charge in [0.05, 0.1) is 12.2 Å². The van der Waals surface area contributed by atoms with Crippen molar-refractivity contribution in [3.05, 3.63) is 82.7 Å². The summed E-state index contributed by atoms with van der Waals surface area (Å²) in [7, 11) is 0. The van der Waals surface area contributed by atoms with Gasteiger partial charge in [-0.05, 0) is 58.4 Å². The second-order valence-corrected chi connectivity index (χ2v) is 8.68. The van der Waals surface area contributed by atoms with E-state index < -0.39 is 11.7 Å². The van der Waals surface area contributed by atoms with Gasteiger partial charge in [-0.15, -0.1) is 0 Å². The number of rotatable bonds is 6. The summed E-state index contributed by atoms with van der Waals surface area (Å²) in [6.45, 7) is 10.4. The average molecular weight is 435 g/mol. The molecule has 0 radical (unpaired) electrons. The molecule has 0 atom stereocenters. The molecule has 7 heteroatoms. The smallest absolute Gasteiger partial charge is 0.412 e. The zero-order valence-corrected chi connectivity index (χ0v) is 19.2. The molecular weight excluding hydrogens is 404 g/mol. The van der Waals surface area contributed by atoms with Crippen LogP contribution in [0.2, 0.25) is 0 Å².